The van der Waals surface area contributed by atoms with Gasteiger partial charge in [0.2, 0.25) is 5.78 Å². The van der Waals surface area contributed by atoms with Crippen LogP contribution >= 0.6 is 11.3 Å². The first kappa shape index (κ1) is 16.6. The molecule has 28 heavy (non-hydrogen) atoms. The second-order valence-electron chi connectivity index (χ2n) is 6.39. The number of carbonyl (C=O) groups excluding carboxylic acids is 1. The van der Waals surface area contributed by atoms with Gasteiger partial charge in [-0.1, -0.05) is 30.3 Å². The number of fused-ring (bicyclic) bond motifs is 4. The van der Waals surface area contributed by atoms with Gasteiger partial charge in [0, 0.05) is 7.05 Å². The van der Waals surface area contributed by atoms with Crippen molar-refractivity contribution in [3.8, 4) is 0 Å². The van der Waals surface area contributed by atoms with Gasteiger partial charge in [-0.3, -0.25) is 13.8 Å². The van der Waals surface area contributed by atoms with E-state index in [2.05, 4.69) is 10.2 Å². The number of benzene rings is 2. The number of carbonyl (C=O) groups is 1. The number of rotatable bonds is 3. The standard InChI is InChI=1S/C20H14N4O3S/c1-23-18(25)17-15(8-9-28-17)24-16(21-22-20(23)24)11-27-19(26)14-7-6-12-4-2-3-5-13(12)10-14/h2-10H,11H2,1H3. The zero-order valence-electron chi connectivity index (χ0n) is 14.8. The highest BCUT2D eigenvalue weighted by molar-refractivity contribution is 7.17. The molecule has 0 aliphatic rings. The molecule has 0 saturated heterocycles. The molecule has 0 atom stereocenters. The minimum atomic E-state index is -0.436. The lowest BCUT2D eigenvalue weighted by Gasteiger charge is -2.07. The van der Waals surface area contributed by atoms with Crippen molar-refractivity contribution in [3.63, 3.8) is 0 Å². The van der Waals surface area contributed by atoms with Crippen LogP contribution in [0.1, 0.15) is 16.2 Å². The Kier molecular flexibility index (Phi) is 3.73. The summed E-state index contributed by atoms with van der Waals surface area (Å²) in [4.78, 5) is 24.9. The first-order valence-electron chi connectivity index (χ1n) is 8.59. The molecule has 0 spiro atoms. The Labute approximate surface area is 162 Å². The van der Waals surface area contributed by atoms with Crippen LogP contribution in [0.5, 0.6) is 0 Å². The van der Waals surface area contributed by atoms with Crippen LogP contribution in [-0.2, 0) is 18.4 Å². The van der Waals surface area contributed by atoms with E-state index in [1.807, 2.05) is 41.8 Å². The zero-order valence-corrected chi connectivity index (χ0v) is 15.6. The Balaban J connectivity index is 1.48. The van der Waals surface area contributed by atoms with E-state index in [9.17, 15) is 9.59 Å². The highest BCUT2D eigenvalue weighted by Crippen LogP contribution is 2.20. The average molecular weight is 390 g/mol. The maximum absolute atomic E-state index is 12.5. The van der Waals surface area contributed by atoms with Crippen LogP contribution in [0.15, 0.2) is 58.7 Å². The number of hydrogen-bond acceptors (Lipinski definition) is 6. The third-order valence-electron chi connectivity index (χ3n) is 4.71. The summed E-state index contributed by atoms with van der Waals surface area (Å²) >= 11 is 1.36. The van der Waals surface area contributed by atoms with E-state index in [-0.39, 0.29) is 12.2 Å². The highest BCUT2D eigenvalue weighted by Gasteiger charge is 2.17. The summed E-state index contributed by atoms with van der Waals surface area (Å²) in [7, 11) is 1.65. The summed E-state index contributed by atoms with van der Waals surface area (Å²) in [5, 5.41) is 12.1. The molecule has 3 aromatic heterocycles. The first-order chi connectivity index (χ1) is 13.6. The lowest BCUT2D eigenvalue weighted by atomic mass is 10.1. The number of nitrogens with zero attached hydrogens (tertiary/aromatic N) is 4. The number of aryl methyl sites for hydroxylation is 1. The molecule has 0 aliphatic carbocycles. The monoisotopic (exact) mass is 390 g/mol. The lowest BCUT2D eigenvalue weighted by molar-refractivity contribution is 0.0461. The van der Waals surface area contributed by atoms with Crippen molar-refractivity contribution < 1.29 is 9.53 Å². The van der Waals surface area contributed by atoms with Crippen molar-refractivity contribution in [2.75, 3.05) is 0 Å². The van der Waals surface area contributed by atoms with E-state index in [1.54, 1.807) is 23.6 Å². The van der Waals surface area contributed by atoms with Crippen LogP contribution in [0.3, 0.4) is 0 Å². The number of hydrogen-bond donors (Lipinski definition) is 0. The van der Waals surface area contributed by atoms with Crippen LogP contribution in [0, 0.1) is 0 Å². The molecular formula is C20H14N4O3S. The van der Waals surface area contributed by atoms with Crippen molar-refractivity contribution in [3.05, 3.63) is 75.7 Å². The molecule has 8 heteroatoms. The third kappa shape index (κ3) is 2.49. The first-order valence-corrected chi connectivity index (χ1v) is 9.47. The normalized spacial score (nSPS) is 11.5. The van der Waals surface area contributed by atoms with Gasteiger partial charge in [-0.05, 0) is 34.4 Å². The van der Waals surface area contributed by atoms with E-state index in [0.717, 1.165) is 10.8 Å². The summed E-state index contributed by atoms with van der Waals surface area (Å²) in [6.07, 6.45) is 0. The zero-order chi connectivity index (χ0) is 19.3. The van der Waals surface area contributed by atoms with Gasteiger partial charge in [-0.25, -0.2) is 4.79 Å². The van der Waals surface area contributed by atoms with Crippen molar-refractivity contribution in [1.82, 2.24) is 19.2 Å². The van der Waals surface area contributed by atoms with Crippen LogP contribution in [-0.4, -0.2) is 25.1 Å². The van der Waals surface area contributed by atoms with Crippen molar-refractivity contribution in [1.29, 1.82) is 0 Å². The molecule has 0 N–H and O–H groups in total. The van der Waals surface area contributed by atoms with Gasteiger partial charge in [0.1, 0.15) is 4.70 Å². The van der Waals surface area contributed by atoms with Crippen LogP contribution in [0.4, 0.5) is 0 Å². The fourth-order valence-electron chi connectivity index (χ4n) is 3.28. The Bertz CT molecular complexity index is 1430. The predicted octanol–water partition coefficient (Wildman–Crippen LogP) is 3.15. The summed E-state index contributed by atoms with van der Waals surface area (Å²) < 4.78 is 9.28. The molecule has 0 saturated carbocycles. The van der Waals surface area contributed by atoms with E-state index in [0.29, 0.717) is 27.4 Å². The Hall–Kier alpha value is -3.52. The van der Waals surface area contributed by atoms with E-state index in [4.69, 9.17) is 4.74 Å². The average Bonchev–Trinajstić information content (AvgIpc) is 3.36. The topological polar surface area (TPSA) is 78.5 Å². The second kappa shape index (κ2) is 6.28. The van der Waals surface area contributed by atoms with Gasteiger partial charge in [0.25, 0.3) is 5.56 Å². The number of ether oxygens (including phenoxy) is 1. The molecule has 0 fully saturated rings. The van der Waals surface area contributed by atoms with E-state index < -0.39 is 5.97 Å². The van der Waals surface area contributed by atoms with Gasteiger partial charge in [0.05, 0.1) is 11.1 Å². The molecule has 0 aliphatic heterocycles. The smallest absolute Gasteiger partial charge is 0.338 e. The summed E-state index contributed by atoms with van der Waals surface area (Å²) in [6.45, 7) is -0.0457. The Morgan fingerprint density at radius 3 is 2.79 bits per heavy atom. The molecule has 3 heterocycles. The number of esters is 1. The molecule has 7 nitrogen and oxygen atoms in total. The maximum atomic E-state index is 12.5. The molecule has 5 rings (SSSR count). The van der Waals surface area contributed by atoms with Crippen LogP contribution < -0.4 is 5.56 Å². The molecule has 0 unspecified atom stereocenters. The van der Waals surface area contributed by atoms with Crippen molar-refractivity contribution in [2.45, 2.75) is 6.61 Å². The van der Waals surface area contributed by atoms with Crippen molar-refractivity contribution >= 4 is 44.1 Å². The van der Waals surface area contributed by atoms with E-state index >= 15 is 0 Å². The molecule has 0 amide bonds. The van der Waals surface area contributed by atoms with Crippen molar-refractivity contribution in [2.24, 2.45) is 7.05 Å². The summed E-state index contributed by atoms with van der Waals surface area (Å²) in [5.41, 5.74) is 1.06. The Morgan fingerprint density at radius 1 is 1.11 bits per heavy atom. The third-order valence-corrected chi connectivity index (χ3v) is 5.61. The van der Waals surface area contributed by atoms with E-state index in [1.165, 1.54) is 15.9 Å². The predicted molar refractivity (Wildman–Crippen MR) is 107 cm³/mol. The minimum Gasteiger partial charge on any atom is -0.454 e. The number of aromatic nitrogens is 4. The Morgan fingerprint density at radius 2 is 1.93 bits per heavy atom. The SMILES string of the molecule is Cn1c(=O)c2sccc2n2c(COC(=O)c3ccc4ccccc4c3)nnc12. The summed E-state index contributed by atoms with van der Waals surface area (Å²) in [6, 6.07) is 15.1. The van der Waals surface area contributed by atoms with Crippen LogP contribution in [0.2, 0.25) is 0 Å². The van der Waals surface area contributed by atoms with Gasteiger partial charge in [-0.2, -0.15) is 0 Å². The molecule has 2 aromatic carbocycles. The quantitative estimate of drug-likeness (QED) is 0.442. The maximum Gasteiger partial charge on any atom is 0.338 e. The molecule has 138 valence electrons. The fourth-order valence-corrected chi connectivity index (χ4v) is 4.13. The summed E-state index contributed by atoms with van der Waals surface area (Å²) in [5.74, 6) is 0.435. The highest BCUT2D eigenvalue weighted by atomic mass is 32.1. The van der Waals surface area contributed by atoms with Gasteiger partial charge in [0.15, 0.2) is 12.4 Å². The fraction of sp³-hybridized carbons (Fsp3) is 0.100. The molecule has 0 radical (unpaired) electrons. The van der Waals surface area contributed by atoms with Gasteiger partial charge < -0.3 is 4.74 Å². The molecule has 5 aromatic rings. The second-order valence-corrected chi connectivity index (χ2v) is 7.30. The molecular weight excluding hydrogens is 376 g/mol. The molecule has 0 bridgehead atoms. The minimum absolute atomic E-state index is 0.0457. The largest absolute Gasteiger partial charge is 0.454 e. The van der Waals surface area contributed by atoms with Crippen LogP contribution in [0.25, 0.3) is 26.8 Å². The van der Waals surface area contributed by atoms with Gasteiger partial charge in [-0.15, -0.1) is 21.5 Å². The van der Waals surface area contributed by atoms with Gasteiger partial charge >= 0.3 is 5.97 Å². The lowest BCUT2D eigenvalue weighted by Crippen LogP contribution is -2.19. The number of thiophene rings is 1.